The number of rotatable bonds is 6. The van der Waals surface area contributed by atoms with E-state index in [1.807, 2.05) is 0 Å². The van der Waals surface area contributed by atoms with Gasteiger partial charge in [-0.3, -0.25) is 14.4 Å². The summed E-state index contributed by atoms with van der Waals surface area (Å²) >= 11 is 3.26. The van der Waals surface area contributed by atoms with Crippen molar-refractivity contribution in [3.8, 4) is 0 Å². The molecule has 0 fully saturated rings. The Bertz CT molecular complexity index is 879. The first kappa shape index (κ1) is 18.2. The molecule has 2 rings (SSSR count). The van der Waals surface area contributed by atoms with Gasteiger partial charge in [0.05, 0.1) is 27.6 Å². The third-order valence-electron chi connectivity index (χ3n) is 3.44. The zero-order valence-corrected chi connectivity index (χ0v) is 15.2. The number of hydrogen-bond donors (Lipinski definition) is 0. The van der Waals surface area contributed by atoms with Gasteiger partial charge in [0.2, 0.25) is 0 Å². The van der Waals surface area contributed by atoms with Gasteiger partial charge in [0.1, 0.15) is 0 Å². The molecule has 0 heterocycles. The van der Waals surface area contributed by atoms with E-state index in [4.69, 9.17) is 0 Å². The Morgan fingerprint density at radius 3 is 2.42 bits per heavy atom. The van der Waals surface area contributed by atoms with E-state index in [9.17, 15) is 18.5 Å². The van der Waals surface area contributed by atoms with Crippen molar-refractivity contribution in [2.24, 2.45) is 0 Å². The molecule has 0 amide bonds. The smallest absolute Gasteiger partial charge is 0.262 e. The highest BCUT2D eigenvalue weighted by molar-refractivity contribution is 9.10. The fraction of sp³-hybridized carbons (Fsp3) is 0.125. The average molecular weight is 411 g/mol. The number of benzene rings is 2. The Labute approximate surface area is 148 Å². The molecule has 0 unspecified atom stereocenters. The summed E-state index contributed by atoms with van der Waals surface area (Å²) in [5, 5.41) is 11.1. The predicted octanol–water partition coefficient (Wildman–Crippen LogP) is 4.05. The minimum atomic E-state index is -3.88. The quantitative estimate of drug-likeness (QED) is 0.408. The zero-order chi connectivity index (χ0) is 17.9. The number of nitro benzene ring substituents is 1. The summed E-state index contributed by atoms with van der Waals surface area (Å²) in [6.45, 7) is 5.12. The summed E-state index contributed by atoms with van der Waals surface area (Å²) in [6.07, 6.45) is 1.44. The molecule has 2 aromatic carbocycles. The highest BCUT2D eigenvalue weighted by Gasteiger charge is 2.27. The first-order valence-electron chi connectivity index (χ1n) is 6.92. The molecule has 0 atom stereocenters. The van der Waals surface area contributed by atoms with E-state index in [0.717, 1.165) is 8.78 Å². The second kappa shape index (κ2) is 7.14. The molecule has 2 aromatic rings. The molecule has 24 heavy (non-hydrogen) atoms. The van der Waals surface area contributed by atoms with E-state index in [1.54, 1.807) is 18.2 Å². The molecule has 0 aliphatic carbocycles. The van der Waals surface area contributed by atoms with Crippen molar-refractivity contribution in [2.45, 2.75) is 11.8 Å². The fourth-order valence-electron chi connectivity index (χ4n) is 2.26. The molecule has 0 aromatic heterocycles. The van der Waals surface area contributed by atoms with Crippen molar-refractivity contribution < 1.29 is 13.3 Å². The molecule has 0 saturated heterocycles. The van der Waals surface area contributed by atoms with Crippen LogP contribution in [-0.4, -0.2) is 19.9 Å². The Balaban J connectivity index is 2.62. The van der Waals surface area contributed by atoms with Gasteiger partial charge in [-0.25, -0.2) is 8.42 Å². The van der Waals surface area contributed by atoms with Crippen LogP contribution < -0.4 is 4.31 Å². The van der Waals surface area contributed by atoms with Crippen LogP contribution in [0.15, 0.2) is 64.5 Å². The van der Waals surface area contributed by atoms with Crippen LogP contribution in [0, 0.1) is 17.0 Å². The molecular formula is C16H15BrN2O4S. The summed E-state index contributed by atoms with van der Waals surface area (Å²) in [5.41, 5.74) is 0.407. The van der Waals surface area contributed by atoms with Crippen LogP contribution in [0.2, 0.25) is 0 Å². The predicted molar refractivity (Wildman–Crippen MR) is 96.7 cm³/mol. The summed E-state index contributed by atoms with van der Waals surface area (Å²) in [4.78, 5) is 10.7. The molecule has 8 heteroatoms. The Kier molecular flexibility index (Phi) is 5.40. The van der Waals surface area contributed by atoms with Crippen molar-refractivity contribution in [1.29, 1.82) is 0 Å². The summed E-state index contributed by atoms with van der Waals surface area (Å²) < 4.78 is 27.8. The molecule has 0 spiro atoms. The van der Waals surface area contributed by atoms with E-state index in [0.29, 0.717) is 0 Å². The monoisotopic (exact) mass is 410 g/mol. The van der Waals surface area contributed by atoms with Gasteiger partial charge in [-0.2, -0.15) is 0 Å². The number of nitro groups is 1. The van der Waals surface area contributed by atoms with Gasteiger partial charge in [0.15, 0.2) is 0 Å². The standard InChI is InChI=1S/C16H15BrN2O4S/c1-3-11-18(15-5-4-6-16(12(15)2)19(20)21)24(22,23)14-9-7-13(17)8-10-14/h3-10H,1,11H2,2H3. The SMILES string of the molecule is C=CCN(c1cccc([N+](=O)[O-])c1C)S(=O)(=O)c1ccc(Br)cc1. The molecule has 0 radical (unpaired) electrons. The third kappa shape index (κ3) is 3.49. The summed E-state index contributed by atoms with van der Waals surface area (Å²) in [7, 11) is -3.88. The minimum absolute atomic E-state index is 0.000402. The van der Waals surface area contributed by atoms with Crippen LogP contribution in [0.1, 0.15) is 5.56 Å². The molecule has 0 saturated carbocycles. The second-order valence-electron chi connectivity index (χ2n) is 4.96. The lowest BCUT2D eigenvalue weighted by Crippen LogP contribution is -2.31. The average Bonchev–Trinajstić information content (AvgIpc) is 2.53. The first-order chi connectivity index (χ1) is 11.3. The van der Waals surface area contributed by atoms with Crippen molar-refractivity contribution in [2.75, 3.05) is 10.8 Å². The number of halogens is 1. The summed E-state index contributed by atoms with van der Waals surface area (Å²) in [6, 6.07) is 10.6. The maximum Gasteiger partial charge on any atom is 0.274 e. The van der Waals surface area contributed by atoms with E-state index >= 15 is 0 Å². The molecule has 0 aliphatic rings. The van der Waals surface area contributed by atoms with Gasteiger partial charge in [-0.1, -0.05) is 28.1 Å². The van der Waals surface area contributed by atoms with Crippen molar-refractivity contribution >= 4 is 37.3 Å². The van der Waals surface area contributed by atoms with Crippen LogP contribution in [0.3, 0.4) is 0 Å². The maximum atomic E-state index is 13.0. The first-order valence-corrected chi connectivity index (χ1v) is 9.15. The largest absolute Gasteiger partial charge is 0.274 e. The second-order valence-corrected chi connectivity index (χ2v) is 7.74. The normalized spacial score (nSPS) is 11.1. The highest BCUT2D eigenvalue weighted by atomic mass is 79.9. The number of nitrogens with zero attached hydrogens (tertiary/aromatic N) is 2. The van der Waals surface area contributed by atoms with Gasteiger partial charge < -0.3 is 0 Å². The highest BCUT2D eigenvalue weighted by Crippen LogP contribution is 2.32. The Hall–Kier alpha value is -2.19. The number of hydrogen-bond acceptors (Lipinski definition) is 4. The van der Waals surface area contributed by atoms with E-state index in [1.165, 1.54) is 37.3 Å². The molecule has 0 aliphatic heterocycles. The summed E-state index contributed by atoms with van der Waals surface area (Å²) in [5.74, 6) is 0. The molecule has 126 valence electrons. The lowest BCUT2D eigenvalue weighted by Gasteiger charge is -2.24. The van der Waals surface area contributed by atoms with Crippen molar-refractivity contribution in [3.63, 3.8) is 0 Å². The zero-order valence-electron chi connectivity index (χ0n) is 12.8. The van der Waals surface area contributed by atoms with Crippen LogP contribution in [0.25, 0.3) is 0 Å². The number of sulfonamides is 1. The lowest BCUT2D eigenvalue weighted by atomic mass is 10.1. The fourth-order valence-corrected chi connectivity index (χ4v) is 4.01. The third-order valence-corrected chi connectivity index (χ3v) is 5.76. The van der Waals surface area contributed by atoms with Gasteiger partial charge in [0.25, 0.3) is 15.7 Å². The van der Waals surface area contributed by atoms with Crippen molar-refractivity contribution in [1.82, 2.24) is 0 Å². The van der Waals surface area contributed by atoms with Crippen LogP contribution in [0.5, 0.6) is 0 Å². The van der Waals surface area contributed by atoms with Crippen LogP contribution in [-0.2, 0) is 10.0 Å². The van der Waals surface area contributed by atoms with Crippen LogP contribution >= 0.6 is 15.9 Å². The van der Waals surface area contributed by atoms with Crippen molar-refractivity contribution in [3.05, 3.63) is 75.3 Å². The van der Waals surface area contributed by atoms with Gasteiger partial charge in [-0.15, -0.1) is 6.58 Å². The number of anilines is 1. The Morgan fingerprint density at radius 1 is 1.25 bits per heavy atom. The van der Waals surface area contributed by atoms with E-state index in [2.05, 4.69) is 22.5 Å². The van der Waals surface area contributed by atoms with E-state index < -0.39 is 14.9 Å². The minimum Gasteiger partial charge on any atom is -0.262 e. The Morgan fingerprint density at radius 2 is 1.88 bits per heavy atom. The maximum absolute atomic E-state index is 13.0. The lowest BCUT2D eigenvalue weighted by molar-refractivity contribution is -0.385. The molecular weight excluding hydrogens is 396 g/mol. The van der Waals surface area contributed by atoms with Gasteiger partial charge in [0, 0.05) is 10.5 Å². The van der Waals surface area contributed by atoms with Gasteiger partial charge in [-0.05, 0) is 37.3 Å². The van der Waals surface area contributed by atoms with Crippen LogP contribution in [0.4, 0.5) is 11.4 Å². The van der Waals surface area contributed by atoms with Gasteiger partial charge >= 0.3 is 0 Å². The van der Waals surface area contributed by atoms with E-state index in [-0.39, 0.29) is 28.4 Å². The molecule has 0 bridgehead atoms. The topological polar surface area (TPSA) is 80.5 Å². The molecule has 0 N–H and O–H groups in total. The molecule has 6 nitrogen and oxygen atoms in total.